The van der Waals surface area contributed by atoms with Crippen molar-refractivity contribution in [1.82, 2.24) is 14.7 Å². The van der Waals surface area contributed by atoms with Crippen molar-refractivity contribution in [3.8, 4) is 5.88 Å². The number of hydrogen-bond donors (Lipinski definition) is 4. The van der Waals surface area contributed by atoms with Crippen LogP contribution in [0, 0.1) is 0 Å². The SMILES string of the molecule is CC1(C)Oc2ncnc(N)c2NC1c1ccc([C@H]2CC[C@H](NS(N)(=O)=O)CC2)cc1. The highest BCUT2D eigenvalue weighted by Crippen LogP contribution is 2.43. The van der Waals surface area contributed by atoms with E-state index in [1.807, 2.05) is 13.8 Å². The first kappa shape index (κ1) is 20.8. The zero-order valence-corrected chi connectivity index (χ0v) is 17.9. The second-order valence-electron chi connectivity index (χ2n) is 8.60. The number of nitrogens with zero attached hydrogens (tertiary/aromatic N) is 2. The van der Waals surface area contributed by atoms with Crippen LogP contribution in [0.25, 0.3) is 0 Å². The lowest BCUT2D eigenvalue weighted by molar-refractivity contribution is 0.0722. The summed E-state index contributed by atoms with van der Waals surface area (Å²) in [6.07, 6.45) is 4.80. The number of anilines is 2. The minimum atomic E-state index is -3.65. The lowest BCUT2D eigenvalue weighted by atomic mass is 9.81. The van der Waals surface area contributed by atoms with E-state index in [2.05, 4.69) is 44.3 Å². The fourth-order valence-electron chi connectivity index (χ4n) is 4.44. The molecule has 1 saturated carbocycles. The third kappa shape index (κ3) is 4.35. The molecule has 1 aliphatic heterocycles. The van der Waals surface area contributed by atoms with Crippen LogP contribution in [0.5, 0.6) is 5.88 Å². The topological polar surface area (TPSA) is 145 Å². The first-order valence-electron chi connectivity index (χ1n) is 10.1. The van der Waals surface area contributed by atoms with Crippen molar-refractivity contribution in [1.29, 1.82) is 0 Å². The largest absolute Gasteiger partial charge is 0.467 e. The monoisotopic (exact) mass is 432 g/mol. The molecular formula is C20H28N6O3S. The van der Waals surface area contributed by atoms with Crippen LogP contribution in [0.1, 0.15) is 62.6 Å². The van der Waals surface area contributed by atoms with Crippen molar-refractivity contribution in [3.63, 3.8) is 0 Å². The van der Waals surface area contributed by atoms with Gasteiger partial charge in [-0.05, 0) is 56.6 Å². The summed E-state index contributed by atoms with van der Waals surface area (Å²) in [6, 6.07) is 8.32. The smallest absolute Gasteiger partial charge is 0.274 e. The zero-order valence-electron chi connectivity index (χ0n) is 17.1. The van der Waals surface area contributed by atoms with Crippen LogP contribution in [-0.4, -0.2) is 30.0 Å². The molecule has 1 unspecified atom stereocenters. The van der Waals surface area contributed by atoms with E-state index in [-0.39, 0.29) is 12.1 Å². The summed E-state index contributed by atoms with van der Waals surface area (Å²) in [6.45, 7) is 4.03. The van der Waals surface area contributed by atoms with Gasteiger partial charge in [0.25, 0.3) is 10.2 Å². The lowest BCUT2D eigenvalue weighted by Gasteiger charge is -2.40. The van der Waals surface area contributed by atoms with E-state index in [0.29, 0.717) is 23.3 Å². The van der Waals surface area contributed by atoms with Gasteiger partial charge in [-0.3, -0.25) is 0 Å². The van der Waals surface area contributed by atoms with Crippen molar-refractivity contribution in [2.45, 2.75) is 63.1 Å². The Morgan fingerprint density at radius 1 is 1.10 bits per heavy atom. The molecule has 9 nitrogen and oxygen atoms in total. The van der Waals surface area contributed by atoms with E-state index < -0.39 is 15.8 Å². The molecule has 30 heavy (non-hydrogen) atoms. The summed E-state index contributed by atoms with van der Waals surface area (Å²) in [4.78, 5) is 8.23. The Morgan fingerprint density at radius 3 is 2.37 bits per heavy atom. The van der Waals surface area contributed by atoms with E-state index in [0.717, 1.165) is 31.2 Å². The van der Waals surface area contributed by atoms with Gasteiger partial charge in [0.1, 0.15) is 17.6 Å². The maximum atomic E-state index is 11.2. The van der Waals surface area contributed by atoms with Gasteiger partial charge in [0.2, 0.25) is 5.88 Å². The zero-order chi connectivity index (χ0) is 21.5. The average Bonchev–Trinajstić information content (AvgIpc) is 2.67. The van der Waals surface area contributed by atoms with Crippen LogP contribution in [0.4, 0.5) is 11.5 Å². The van der Waals surface area contributed by atoms with Gasteiger partial charge in [0.05, 0.1) is 6.04 Å². The standard InChI is InChI=1S/C20H28N6O3S/c1-20(2)17(25-16-18(21)23-11-24-19(16)29-20)14-5-3-12(4-6-14)13-7-9-15(10-8-13)26-30(22,27)28/h3-6,11,13,15,17,25-26H,7-10H2,1-2H3,(H2,21,23,24)(H2,22,27,28)/t13-,15-,17?. The van der Waals surface area contributed by atoms with Gasteiger partial charge < -0.3 is 15.8 Å². The van der Waals surface area contributed by atoms with Crippen LogP contribution in [0.2, 0.25) is 0 Å². The van der Waals surface area contributed by atoms with Crippen LogP contribution in [0.15, 0.2) is 30.6 Å². The Kier molecular flexibility index (Phi) is 5.33. The minimum absolute atomic E-state index is 0.0762. The van der Waals surface area contributed by atoms with Crippen molar-refractivity contribution < 1.29 is 13.2 Å². The number of nitrogens with one attached hydrogen (secondary N) is 2. The molecule has 2 aliphatic rings. The number of fused-ring (bicyclic) bond motifs is 1. The fraction of sp³-hybridized carbons (Fsp3) is 0.500. The molecule has 162 valence electrons. The summed E-state index contributed by atoms with van der Waals surface area (Å²) in [5.41, 5.74) is 8.43. The van der Waals surface area contributed by atoms with Gasteiger partial charge in [-0.2, -0.15) is 18.1 Å². The lowest BCUT2D eigenvalue weighted by Crippen LogP contribution is -2.44. The maximum absolute atomic E-state index is 11.2. The van der Waals surface area contributed by atoms with Crippen molar-refractivity contribution >= 4 is 21.7 Å². The van der Waals surface area contributed by atoms with Gasteiger partial charge in [-0.15, -0.1) is 0 Å². The first-order chi connectivity index (χ1) is 14.1. The highest BCUT2D eigenvalue weighted by atomic mass is 32.2. The van der Waals surface area contributed by atoms with Gasteiger partial charge in [0.15, 0.2) is 5.82 Å². The molecule has 1 aromatic carbocycles. The number of nitrogen functional groups attached to an aromatic ring is 1. The third-order valence-electron chi connectivity index (χ3n) is 5.98. The predicted octanol–water partition coefficient (Wildman–Crippen LogP) is 2.20. The normalized spacial score (nSPS) is 25.6. The molecule has 2 aromatic rings. The predicted molar refractivity (Wildman–Crippen MR) is 115 cm³/mol. The molecule has 0 radical (unpaired) electrons. The molecule has 0 saturated heterocycles. The molecule has 0 spiro atoms. The van der Waals surface area contributed by atoms with E-state index in [9.17, 15) is 8.42 Å². The van der Waals surface area contributed by atoms with E-state index in [4.69, 9.17) is 15.6 Å². The van der Waals surface area contributed by atoms with Crippen LogP contribution >= 0.6 is 0 Å². The van der Waals surface area contributed by atoms with Gasteiger partial charge in [-0.25, -0.2) is 10.1 Å². The summed E-state index contributed by atoms with van der Waals surface area (Å²) in [5, 5.41) is 8.54. The number of ether oxygens (including phenoxy) is 1. The van der Waals surface area contributed by atoms with Crippen LogP contribution < -0.4 is 25.6 Å². The van der Waals surface area contributed by atoms with Crippen molar-refractivity contribution in [2.75, 3.05) is 11.1 Å². The minimum Gasteiger partial charge on any atom is -0.467 e. The summed E-state index contributed by atoms with van der Waals surface area (Å²) < 4.78 is 31.1. The molecule has 1 aromatic heterocycles. The molecule has 4 rings (SSSR count). The number of rotatable bonds is 4. The molecular weight excluding hydrogens is 404 g/mol. The van der Waals surface area contributed by atoms with Gasteiger partial charge in [-0.1, -0.05) is 24.3 Å². The number of nitrogens with two attached hydrogens (primary N) is 2. The molecule has 2 heterocycles. The Balaban J connectivity index is 1.47. The Bertz CT molecular complexity index is 1020. The van der Waals surface area contributed by atoms with Gasteiger partial charge >= 0.3 is 0 Å². The highest BCUT2D eigenvalue weighted by molar-refractivity contribution is 7.87. The Hall–Kier alpha value is -2.43. The van der Waals surface area contributed by atoms with Gasteiger partial charge in [0, 0.05) is 6.04 Å². The molecule has 0 amide bonds. The summed E-state index contributed by atoms with van der Waals surface area (Å²) in [7, 11) is -3.65. The number of hydrogen-bond acceptors (Lipinski definition) is 7. The van der Waals surface area contributed by atoms with Crippen molar-refractivity contribution in [3.05, 3.63) is 41.7 Å². The Labute approximate surface area is 176 Å². The van der Waals surface area contributed by atoms with Crippen LogP contribution in [0.3, 0.4) is 0 Å². The summed E-state index contributed by atoms with van der Waals surface area (Å²) >= 11 is 0. The molecule has 0 bridgehead atoms. The third-order valence-corrected chi connectivity index (χ3v) is 6.65. The second-order valence-corrected chi connectivity index (χ2v) is 9.93. The average molecular weight is 433 g/mol. The van der Waals surface area contributed by atoms with E-state index in [1.165, 1.54) is 11.9 Å². The highest BCUT2D eigenvalue weighted by Gasteiger charge is 2.39. The Morgan fingerprint density at radius 2 is 1.73 bits per heavy atom. The summed E-state index contributed by atoms with van der Waals surface area (Å²) in [5.74, 6) is 1.23. The quantitative estimate of drug-likeness (QED) is 0.579. The molecule has 1 aliphatic carbocycles. The fourth-order valence-corrected chi connectivity index (χ4v) is 5.14. The number of aromatic nitrogens is 2. The maximum Gasteiger partial charge on any atom is 0.274 e. The van der Waals surface area contributed by atoms with Crippen LogP contribution in [-0.2, 0) is 10.2 Å². The number of benzene rings is 1. The molecule has 1 atom stereocenters. The second kappa shape index (κ2) is 7.68. The van der Waals surface area contributed by atoms with E-state index >= 15 is 0 Å². The van der Waals surface area contributed by atoms with Crippen molar-refractivity contribution in [2.24, 2.45) is 5.14 Å². The van der Waals surface area contributed by atoms with E-state index in [1.54, 1.807) is 0 Å². The molecule has 10 heteroatoms. The molecule has 1 fully saturated rings. The molecule has 6 N–H and O–H groups in total. The first-order valence-corrected chi connectivity index (χ1v) is 11.6.